The number of rotatable bonds is 6. The van der Waals surface area contributed by atoms with E-state index >= 15 is 0 Å². The number of alkyl halides is 2. The van der Waals surface area contributed by atoms with E-state index in [0.29, 0.717) is 11.4 Å². The fourth-order valence-corrected chi connectivity index (χ4v) is 2.33. The largest absolute Gasteiger partial charge is 0.497 e. The van der Waals surface area contributed by atoms with Gasteiger partial charge in [0.2, 0.25) is 11.8 Å². The number of hydrogen-bond donors (Lipinski definition) is 2. The summed E-state index contributed by atoms with van der Waals surface area (Å²) in [7, 11) is 1.54. The third-order valence-electron chi connectivity index (χ3n) is 3.70. The first kappa shape index (κ1) is 17.1. The maximum Gasteiger partial charge on any atom is 0.277 e. The van der Waals surface area contributed by atoms with Crippen LogP contribution in [0.5, 0.6) is 5.75 Å². The Labute approximate surface area is 132 Å². The van der Waals surface area contributed by atoms with Gasteiger partial charge in [-0.2, -0.15) is 0 Å². The molecule has 23 heavy (non-hydrogen) atoms. The number of nitrogens with one attached hydrogen (secondary N) is 1. The van der Waals surface area contributed by atoms with Crippen molar-refractivity contribution in [3.63, 3.8) is 0 Å². The molecule has 1 atom stereocenters. The Morgan fingerprint density at radius 2 is 2.09 bits per heavy atom. The Hall–Kier alpha value is -2.22. The van der Waals surface area contributed by atoms with Gasteiger partial charge < -0.3 is 20.7 Å². The zero-order chi connectivity index (χ0) is 17.0. The van der Waals surface area contributed by atoms with E-state index in [1.165, 1.54) is 12.0 Å². The van der Waals surface area contributed by atoms with Gasteiger partial charge in [0, 0.05) is 18.7 Å². The van der Waals surface area contributed by atoms with Gasteiger partial charge >= 0.3 is 0 Å². The highest BCUT2D eigenvalue weighted by Gasteiger charge is 2.36. The quantitative estimate of drug-likeness (QED) is 0.808. The van der Waals surface area contributed by atoms with E-state index in [4.69, 9.17) is 10.5 Å². The summed E-state index contributed by atoms with van der Waals surface area (Å²) in [6.07, 6.45) is -0.00788. The molecule has 0 saturated carbocycles. The molecule has 0 bridgehead atoms. The highest BCUT2D eigenvalue weighted by Crippen LogP contribution is 2.27. The highest BCUT2D eigenvalue weighted by atomic mass is 19.3. The highest BCUT2D eigenvalue weighted by molar-refractivity contribution is 6.00. The number of halogens is 2. The summed E-state index contributed by atoms with van der Waals surface area (Å²) in [4.78, 5) is 25.5. The Bertz CT molecular complexity index is 578. The van der Waals surface area contributed by atoms with Crippen LogP contribution in [0.15, 0.2) is 24.3 Å². The van der Waals surface area contributed by atoms with Crippen molar-refractivity contribution in [1.82, 2.24) is 5.32 Å². The van der Waals surface area contributed by atoms with E-state index in [-0.39, 0.29) is 18.9 Å². The number of anilines is 1. The molecule has 6 nitrogen and oxygen atoms in total. The molecule has 126 valence electrons. The topological polar surface area (TPSA) is 84.7 Å². The van der Waals surface area contributed by atoms with Crippen LogP contribution >= 0.6 is 0 Å². The summed E-state index contributed by atoms with van der Waals surface area (Å²) in [6.45, 7) is -1.50. The fraction of sp³-hybridized carbons (Fsp3) is 0.467. The molecule has 1 heterocycles. The molecule has 1 aliphatic rings. The predicted molar refractivity (Wildman–Crippen MR) is 80.5 cm³/mol. The minimum Gasteiger partial charge on any atom is -0.497 e. The lowest BCUT2D eigenvalue weighted by Crippen LogP contribution is -2.43. The molecule has 1 aromatic rings. The Kier molecular flexibility index (Phi) is 5.15. The minimum absolute atomic E-state index is 0.00788. The van der Waals surface area contributed by atoms with Gasteiger partial charge in [0.1, 0.15) is 5.75 Å². The van der Waals surface area contributed by atoms with Crippen LogP contribution in [-0.2, 0) is 9.59 Å². The lowest BCUT2D eigenvalue weighted by Gasteiger charge is -2.18. The molecule has 1 fully saturated rings. The van der Waals surface area contributed by atoms with Crippen molar-refractivity contribution in [3.05, 3.63) is 24.3 Å². The molecular formula is C15H19F2N3O3. The van der Waals surface area contributed by atoms with Crippen LogP contribution < -0.4 is 20.7 Å². The van der Waals surface area contributed by atoms with Crippen molar-refractivity contribution in [1.29, 1.82) is 0 Å². The number of benzene rings is 1. The van der Waals surface area contributed by atoms with Crippen LogP contribution in [-0.4, -0.2) is 44.5 Å². The first-order valence-corrected chi connectivity index (χ1v) is 7.16. The zero-order valence-electron chi connectivity index (χ0n) is 12.7. The molecule has 1 aromatic carbocycles. The van der Waals surface area contributed by atoms with Crippen molar-refractivity contribution in [2.45, 2.75) is 12.3 Å². The van der Waals surface area contributed by atoms with Crippen molar-refractivity contribution >= 4 is 17.5 Å². The minimum atomic E-state index is -3.14. The number of methoxy groups -OCH3 is 1. The third-order valence-corrected chi connectivity index (χ3v) is 3.70. The molecule has 3 N–H and O–H groups in total. The number of amides is 2. The number of carbonyl (C=O) groups excluding carboxylic acids is 2. The molecule has 1 unspecified atom stereocenters. The molecular weight excluding hydrogens is 308 g/mol. The van der Waals surface area contributed by atoms with Crippen LogP contribution in [0.1, 0.15) is 6.42 Å². The zero-order valence-corrected chi connectivity index (χ0v) is 12.7. The molecule has 2 rings (SSSR count). The van der Waals surface area contributed by atoms with Crippen molar-refractivity contribution < 1.29 is 23.1 Å². The standard InChI is InChI=1S/C15H19F2N3O3/c1-23-12-4-2-11(3-5-12)20-7-10(6-13(20)21)14(22)19-9-15(16,17)8-18/h2-5,10H,6-9,18H2,1H3,(H,19,22). The third kappa shape index (κ3) is 4.16. The normalized spacial score (nSPS) is 18.2. The second kappa shape index (κ2) is 6.91. The van der Waals surface area contributed by atoms with Gasteiger partial charge in [0.15, 0.2) is 0 Å². The average Bonchev–Trinajstić information content (AvgIpc) is 2.94. The Balaban J connectivity index is 1.97. The first-order valence-electron chi connectivity index (χ1n) is 7.16. The smallest absolute Gasteiger partial charge is 0.277 e. The molecule has 1 saturated heterocycles. The van der Waals surface area contributed by atoms with Crippen molar-refractivity contribution in [3.8, 4) is 5.75 Å². The molecule has 0 spiro atoms. The second-order valence-corrected chi connectivity index (χ2v) is 5.38. The number of ether oxygens (including phenoxy) is 1. The SMILES string of the molecule is COc1ccc(N2CC(C(=O)NCC(F)(F)CN)CC2=O)cc1. The van der Waals surface area contributed by atoms with E-state index in [0.717, 1.165) is 0 Å². The maximum absolute atomic E-state index is 13.1. The van der Waals surface area contributed by atoms with E-state index < -0.39 is 30.8 Å². The van der Waals surface area contributed by atoms with E-state index in [2.05, 4.69) is 5.32 Å². The van der Waals surface area contributed by atoms with Gasteiger partial charge in [-0.15, -0.1) is 0 Å². The maximum atomic E-state index is 13.1. The second-order valence-electron chi connectivity index (χ2n) is 5.38. The van der Waals surface area contributed by atoms with E-state index in [9.17, 15) is 18.4 Å². The van der Waals surface area contributed by atoms with Gasteiger partial charge in [-0.05, 0) is 24.3 Å². The fourth-order valence-electron chi connectivity index (χ4n) is 2.33. The summed E-state index contributed by atoms with van der Waals surface area (Å²) in [5.41, 5.74) is 5.55. The summed E-state index contributed by atoms with van der Waals surface area (Å²) in [5, 5.41) is 2.16. The molecule has 0 aliphatic carbocycles. The van der Waals surface area contributed by atoms with Crippen LogP contribution in [0.25, 0.3) is 0 Å². The molecule has 0 radical (unpaired) electrons. The summed E-state index contributed by atoms with van der Waals surface area (Å²) in [6, 6.07) is 6.83. The average molecular weight is 327 g/mol. The van der Waals surface area contributed by atoms with Crippen LogP contribution in [0, 0.1) is 5.92 Å². The first-order chi connectivity index (χ1) is 10.9. The van der Waals surface area contributed by atoms with Gasteiger partial charge in [-0.25, -0.2) is 8.78 Å². The number of nitrogens with two attached hydrogens (primary N) is 1. The summed E-state index contributed by atoms with van der Waals surface area (Å²) >= 11 is 0. The number of nitrogens with zero attached hydrogens (tertiary/aromatic N) is 1. The molecule has 1 aliphatic heterocycles. The predicted octanol–water partition coefficient (Wildman–Crippen LogP) is 0.758. The van der Waals surface area contributed by atoms with Gasteiger partial charge in [-0.3, -0.25) is 9.59 Å². The van der Waals surface area contributed by atoms with Crippen LogP contribution in [0.4, 0.5) is 14.5 Å². The van der Waals surface area contributed by atoms with Crippen LogP contribution in [0.2, 0.25) is 0 Å². The van der Waals surface area contributed by atoms with Crippen molar-refractivity contribution in [2.75, 3.05) is 31.6 Å². The van der Waals surface area contributed by atoms with E-state index in [1.54, 1.807) is 24.3 Å². The van der Waals surface area contributed by atoms with Crippen molar-refractivity contribution in [2.24, 2.45) is 11.7 Å². The van der Waals surface area contributed by atoms with Crippen LogP contribution in [0.3, 0.4) is 0 Å². The van der Waals surface area contributed by atoms with Gasteiger partial charge in [-0.1, -0.05) is 0 Å². The monoisotopic (exact) mass is 327 g/mol. The lowest BCUT2D eigenvalue weighted by molar-refractivity contribution is -0.127. The van der Waals surface area contributed by atoms with E-state index in [1.807, 2.05) is 0 Å². The summed E-state index contributed by atoms with van der Waals surface area (Å²) in [5.74, 6) is -3.94. The lowest BCUT2D eigenvalue weighted by atomic mass is 10.1. The molecule has 0 aromatic heterocycles. The molecule has 8 heteroatoms. The van der Waals surface area contributed by atoms with Gasteiger partial charge in [0.05, 0.1) is 26.1 Å². The molecule has 2 amide bonds. The Morgan fingerprint density at radius 1 is 1.43 bits per heavy atom. The van der Waals surface area contributed by atoms with Gasteiger partial charge in [0.25, 0.3) is 5.92 Å². The Morgan fingerprint density at radius 3 is 2.65 bits per heavy atom. The number of hydrogen-bond acceptors (Lipinski definition) is 4. The summed E-state index contributed by atoms with van der Waals surface area (Å²) < 4.78 is 31.2. The number of carbonyl (C=O) groups is 2.